The first kappa shape index (κ1) is 14.9. The van der Waals surface area contributed by atoms with Crippen LogP contribution in [0, 0.1) is 0 Å². The molecule has 2 aromatic rings. The van der Waals surface area contributed by atoms with Gasteiger partial charge in [0.05, 0.1) is 0 Å². The number of rotatable bonds is 4. The van der Waals surface area contributed by atoms with Crippen molar-refractivity contribution in [1.82, 2.24) is 4.98 Å². The molecule has 0 unspecified atom stereocenters. The number of hydrogen-bond donors (Lipinski definition) is 1. The predicted octanol–water partition coefficient (Wildman–Crippen LogP) is 4.41. The molecule has 7 heteroatoms. The van der Waals surface area contributed by atoms with Gasteiger partial charge in [-0.2, -0.15) is 8.78 Å². The number of benzene rings is 1. The summed E-state index contributed by atoms with van der Waals surface area (Å²) in [7, 11) is 0. The van der Waals surface area contributed by atoms with Crippen LogP contribution in [0.2, 0.25) is 0 Å². The van der Waals surface area contributed by atoms with E-state index in [9.17, 15) is 13.6 Å². The molecule has 2 rings (SSSR count). The van der Waals surface area contributed by atoms with Crippen LogP contribution in [0.1, 0.15) is 10.4 Å². The van der Waals surface area contributed by atoms with Crippen molar-refractivity contribution < 1.29 is 13.6 Å². The average molecular weight is 359 g/mol. The molecule has 0 spiro atoms. The molecule has 0 saturated carbocycles. The van der Waals surface area contributed by atoms with Crippen molar-refractivity contribution >= 4 is 39.3 Å². The molecule has 20 heavy (non-hydrogen) atoms. The molecule has 104 valence electrons. The highest BCUT2D eigenvalue weighted by Crippen LogP contribution is 2.26. The fourth-order valence-corrected chi connectivity index (χ4v) is 2.33. The first-order valence-corrected chi connectivity index (χ1v) is 7.19. The lowest BCUT2D eigenvalue weighted by Crippen LogP contribution is -2.11. The zero-order valence-corrected chi connectivity index (χ0v) is 12.4. The fourth-order valence-electron chi connectivity index (χ4n) is 1.47. The molecule has 0 saturated heterocycles. The lowest BCUT2D eigenvalue weighted by atomic mass is 10.2. The van der Waals surface area contributed by atoms with E-state index in [-0.39, 0.29) is 5.91 Å². The Morgan fingerprint density at radius 2 is 1.95 bits per heavy atom. The predicted molar refractivity (Wildman–Crippen MR) is 78.2 cm³/mol. The number of amides is 1. The summed E-state index contributed by atoms with van der Waals surface area (Å²) in [6, 6.07) is 9.42. The molecule has 1 aromatic carbocycles. The van der Waals surface area contributed by atoms with Crippen LogP contribution in [0.3, 0.4) is 0 Å². The van der Waals surface area contributed by atoms with Crippen molar-refractivity contribution in [2.24, 2.45) is 0 Å². The summed E-state index contributed by atoms with van der Waals surface area (Å²) in [6.07, 6.45) is 1.52. The average Bonchev–Trinajstić information content (AvgIpc) is 2.40. The number of nitrogens with one attached hydrogen (secondary N) is 1. The van der Waals surface area contributed by atoms with Crippen molar-refractivity contribution in [2.75, 3.05) is 5.32 Å². The number of carbonyl (C=O) groups excluding carboxylic acids is 1. The molecule has 0 aliphatic rings. The van der Waals surface area contributed by atoms with Crippen molar-refractivity contribution in [1.29, 1.82) is 0 Å². The van der Waals surface area contributed by atoms with Gasteiger partial charge >= 0.3 is 0 Å². The van der Waals surface area contributed by atoms with Crippen LogP contribution >= 0.6 is 27.7 Å². The van der Waals surface area contributed by atoms with Crippen LogP contribution in [0.5, 0.6) is 0 Å². The summed E-state index contributed by atoms with van der Waals surface area (Å²) in [6.45, 7) is 0. The number of halogens is 3. The Bertz CT molecular complexity index is 608. The van der Waals surface area contributed by atoms with Crippen molar-refractivity contribution in [2.45, 2.75) is 10.7 Å². The van der Waals surface area contributed by atoms with E-state index in [1.165, 1.54) is 18.3 Å². The number of carbonyl (C=O) groups is 1. The van der Waals surface area contributed by atoms with Crippen LogP contribution < -0.4 is 5.32 Å². The van der Waals surface area contributed by atoms with Crippen molar-refractivity contribution in [3.8, 4) is 0 Å². The minimum atomic E-state index is -2.45. The van der Waals surface area contributed by atoms with Gasteiger partial charge < -0.3 is 5.32 Å². The first-order valence-electron chi connectivity index (χ1n) is 5.52. The van der Waals surface area contributed by atoms with Crippen LogP contribution in [-0.2, 0) is 0 Å². The van der Waals surface area contributed by atoms with Gasteiger partial charge in [-0.1, -0.05) is 11.8 Å². The van der Waals surface area contributed by atoms with Crippen LogP contribution in [0.15, 0.2) is 52.1 Å². The molecule has 0 bridgehead atoms. The number of hydrogen-bond acceptors (Lipinski definition) is 3. The van der Waals surface area contributed by atoms with Crippen molar-refractivity contribution in [3.63, 3.8) is 0 Å². The van der Waals surface area contributed by atoms with E-state index in [1.54, 1.807) is 24.3 Å². The highest BCUT2D eigenvalue weighted by molar-refractivity contribution is 9.10. The molecule has 0 radical (unpaired) electrons. The highest BCUT2D eigenvalue weighted by atomic mass is 79.9. The second-order valence-corrected chi connectivity index (χ2v) is 5.60. The number of anilines is 1. The first-order chi connectivity index (χ1) is 9.54. The Hall–Kier alpha value is -1.47. The van der Waals surface area contributed by atoms with Gasteiger partial charge in [-0.15, -0.1) is 0 Å². The van der Waals surface area contributed by atoms with Gasteiger partial charge in [-0.05, 0) is 52.3 Å². The number of nitrogens with zero attached hydrogens (tertiary/aromatic N) is 1. The van der Waals surface area contributed by atoms with Crippen LogP contribution in [-0.4, -0.2) is 16.6 Å². The molecular weight excluding hydrogens is 350 g/mol. The largest absolute Gasteiger partial charge is 0.322 e. The Morgan fingerprint density at radius 3 is 2.55 bits per heavy atom. The van der Waals surface area contributed by atoms with E-state index in [0.717, 1.165) is 0 Å². The highest BCUT2D eigenvalue weighted by Gasteiger charge is 2.08. The van der Waals surface area contributed by atoms with Crippen LogP contribution in [0.25, 0.3) is 0 Å². The van der Waals surface area contributed by atoms with Gasteiger partial charge in [0.1, 0.15) is 4.60 Å². The molecule has 0 fully saturated rings. The minimum Gasteiger partial charge on any atom is -0.322 e. The number of alkyl halides is 2. The summed E-state index contributed by atoms with van der Waals surface area (Å²) in [5.41, 5.74) is 0.999. The van der Waals surface area contributed by atoms with Crippen LogP contribution in [0.4, 0.5) is 14.5 Å². The van der Waals surface area contributed by atoms with E-state index >= 15 is 0 Å². The third-order valence-electron chi connectivity index (χ3n) is 2.33. The Kier molecular flexibility index (Phi) is 5.08. The van der Waals surface area contributed by atoms with E-state index in [1.807, 2.05) is 0 Å². The third kappa shape index (κ3) is 4.28. The molecule has 1 N–H and O–H groups in total. The molecule has 0 atom stereocenters. The summed E-state index contributed by atoms with van der Waals surface area (Å²) < 4.78 is 24.9. The lowest BCUT2D eigenvalue weighted by molar-refractivity contribution is 0.102. The Balaban J connectivity index is 2.04. The smallest absolute Gasteiger partial charge is 0.288 e. The molecule has 0 aliphatic carbocycles. The minimum absolute atomic E-state index is 0.289. The fraction of sp³-hybridized carbons (Fsp3) is 0.0769. The zero-order valence-electron chi connectivity index (χ0n) is 10.0. The topological polar surface area (TPSA) is 42.0 Å². The van der Waals surface area contributed by atoms with Gasteiger partial charge in [0, 0.05) is 22.3 Å². The maximum absolute atomic E-state index is 12.2. The number of pyridine rings is 1. The van der Waals surface area contributed by atoms with E-state index in [4.69, 9.17) is 0 Å². The molecule has 3 nitrogen and oxygen atoms in total. The second kappa shape index (κ2) is 6.81. The van der Waals surface area contributed by atoms with Gasteiger partial charge in [-0.3, -0.25) is 4.79 Å². The van der Waals surface area contributed by atoms with E-state index in [2.05, 4.69) is 26.2 Å². The number of thioether (sulfide) groups is 1. The summed E-state index contributed by atoms with van der Waals surface area (Å²) in [5, 5.41) is 2.68. The van der Waals surface area contributed by atoms with Gasteiger partial charge in [-0.25, -0.2) is 4.98 Å². The molecule has 1 aromatic heterocycles. The molecule has 1 heterocycles. The summed E-state index contributed by atoms with van der Waals surface area (Å²) in [4.78, 5) is 16.3. The monoisotopic (exact) mass is 358 g/mol. The second-order valence-electron chi connectivity index (χ2n) is 3.72. The molecule has 0 aliphatic heterocycles. The van der Waals surface area contributed by atoms with Crippen molar-refractivity contribution in [3.05, 3.63) is 52.8 Å². The molecule has 1 amide bonds. The van der Waals surface area contributed by atoms with E-state index in [0.29, 0.717) is 32.5 Å². The third-order valence-corrected chi connectivity index (χ3v) is 3.48. The SMILES string of the molecule is O=C(Nc1ccc(SC(F)F)cc1)c1ccnc(Br)c1. The number of aromatic nitrogens is 1. The standard InChI is InChI=1S/C13H9BrF2N2OS/c14-11-7-8(5-6-17-11)12(19)18-9-1-3-10(4-2-9)20-13(15)16/h1-7,13H,(H,18,19). The van der Waals surface area contributed by atoms with Gasteiger partial charge in [0.15, 0.2) is 0 Å². The summed E-state index contributed by atoms with van der Waals surface area (Å²) in [5.74, 6) is -2.74. The van der Waals surface area contributed by atoms with Gasteiger partial charge in [0.25, 0.3) is 11.7 Å². The quantitative estimate of drug-likeness (QED) is 0.650. The zero-order chi connectivity index (χ0) is 14.5. The summed E-state index contributed by atoms with van der Waals surface area (Å²) >= 11 is 3.65. The maximum atomic E-state index is 12.2. The Labute approximate surface area is 126 Å². The normalized spacial score (nSPS) is 10.6. The maximum Gasteiger partial charge on any atom is 0.288 e. The van der Waals surface area contributed by atoms with E-state index < -0.39 is 5.76 Å². The molecular formula is C13H9BrF2N2OS. The van der Waals surface area contributed by atoms with Gasteiger partial charge in [0.2, 0.25) is 0 Å². The Morgan fingerprint density at radius 1 is 1.25 bits per heavy atom. The lowest BCUT2D eigenvalue weighted by Gasteiger charge is -2.06.